The highest BCUT2D eigenvalue weighted by Crippen LogP contribution is 2.17. The van der Waals surface area contributed by atoms with E-state index in [4.69, 9.17) is 0 Å². The normalized spacial score (nSPS) is 12.9. The highest BCUT2D eigenvalue weighted by atomic mass is 16.3. The Morgan fingerprint density at radius 1 is 1.31 bits per heavy atom. The van der Waals surface area contributed by atoms with Crippen LogP contribution in [0.2, 0.25) is 0 Å². The second-order valence-corrected chi connectivity index (χ2v) is 4.21. The summed E-state index contributed by atoms with van der Waals surface area (Å²) in [4.78, 5) is 4.60. The van der Waals surface area contributed by atoms with E-state index in [1.807, 2.05) is 25.1 Å². The van der Waals surface area contributed by atoms with Gasteiger partial charge in [-0.05, 0) is 31.0 Å². The van der Waals surface area contributed by atoms with Crippen LogP contribution in [0, 0.1) is 6.92 Å². The number of rotatable bonds is 3. The number of aliphatic hydroxyl groups excluding tert-OH is 1. The minimum Gasteiger partial charge on any atom is -0.393 e. The molecule has 0 radical (unpaired) electrons. The zero-order valence-corrected chi connectivity index (χ0v) is 9.77. The van der Waals surface area contributed by atoms with E-state index in [9.17, 15) is 5.11 Å². The number of hydrogen-bond donors (Lipinski definition) is 1. The summed E-state index contributed by atoms with van der Waals surface area (Å²) in [6.07, 6.45) is 1.13. The number of para-hydroxylation sites is 1. The Kier molecular flexibility index (Phi) is 3.20. The highest BCUT2D eigenvalue weighted by molar-refractivity contribution is 5.79. The average molecular weight is 215 g/mol. The molecule has 0 saturated carbocycles. The molecule has 1 aromatic heterocycles. The van der Waals surface area contributed by atoms with Crippen molar-refractivity contribution in [3.8, 4) is 0 Å². The first-order valence-corrected chi connectivity index (χ1v) is 5.74. The molecule has 0 fully saturated rings. The lowest BCUT2D eigenvalue weighted by atomic mass is 10.0. The Morgan fingerprint density at radius 3 is 2.81 bits per heavy atom. The summed E-state index contributed by atoms with van der Waals surface area (Å²) in [7, 11) is 0. The van der Waals surface area contributed by atoms with Gasteiger partial charge < -0.3 is 5.11 Å². The lowest BCUT2D eigenvalue weighted by molar-refractivity contribution is 0.169. The van der Waals surface area contributed by atoms with Crippen molar-refractivity contribution in [2.24, 2.45) is 0 Å². The number of benzene rings is 1. The summed E-state index contributed by atoms with van der Waals surface area (Å²) in [5.74, 6) is 0. The van der Waals surface area contributed by atoms with E-state index in [-0.39, 0.29) is 6.10 Å². The van der Waals surface area contributed by atoms with Crippen LogP contribution in [0.5, 0.6) is 0 Å². The third-order valence-corrected chi connectivity index (χ3v) is 2.92. The number of nitrogens with zero attached hydrogens (tertiary/aromatic N) is 1. The van der Waals surface area contributed by atoms with E-state index in [1.165, 1.54) is 0 Å². The molecule has 0 amide bonds. The minimum absolute atomic E-state index is 0.285. The number of pyridine rings is 1. The first kappa shape index (κ1) is 11.1. The molecule has 0 aliphatic rings. The standard InChI is InChI=1S/C14H17NO/c1-3-12(16)9-14-10(2)8-11-6-4-5-7-13(11)15-14/h4-8,12,16H,3,9H2,1-2H3. The molecule has 2 aromatic rings. The smallest absolute Gasteiger partial charge is 0.0705 e. The molecule has 84 valence electrons. The van der Waals surface area contributed by atoms with E-state index in [2.05, 4.69) is 24.0 Å². The molecule has 0 aliphatic carbocycles. The molecule has 1 N–H and O–H groups in total. The molecule has 1 unspecified atom stereocenters. The molecule has 2 heteroatoms. The van der Waals surface area contributed by atoms with Gasteiger partial charge >= 0.3 is 0 Å². The Labute approximate surface area is 96.0 Å². The van der Waals surface area contributed by atoms with Crippen molar-refractivity contribution in [1.82, 2.24) is 4.98 Å². The number of aryl methyl sites for hydroxylation is 1. The van der Waals surface area contributed by atoms with Crippen LogP contribution in [0.4, 0.5) is 0 Å². The maximum atomic E-state index is 9.67. The van der Waals surface area contributed by atoms with E-state index in [0.29, 0.717) is 6.42 Å². The summed E-state index contributed by atoms with van der Waals surface area (Å²) in [6, 6.07) is 10.2. The van der Waals surface area contributed by atoms with Crippen LogP contribution < -0.4 is 0 Å². The van der Waals surface area contributed by atoms with Gasteiger partial charge in [0.25, 0.3) is 0 Å². The second-order valence-electron chi connectivity index (χ2n) is 4.21. The Hall–Kier alpha value is -1.41. The first-order chi connectivity index (χ1) is 7.70. The summed E-state index contributed by atoms with van der Waals surface area (Å²) >= 11 is 0. The summed E-state index contributed by atoms with van der Waals surface area (Å²) in [6.45, 7) is 4.04. The van der Waals surface area contributed by atoms with Gasteiger partial charge in [0, 0.05) is 17.5 Å². The first-order valence-electron chi connectivity index (χ1n) is 5.74. The molecule has 1 aromatic carbocycles. The van der Waals surface area contributed by atoms with Gasteiger partial charge in [0.1, 0.15) is 0 Å². The van der Waals surface area contributed by atoms with Crippen molar-refractivity contribution in [3.63, 3.8) is 0 Å². The van der Waals surface area contributed by atoms with Gasteiger partial charge in [-0.1, -0.05) is 25.1 Å². The predicted molar refractivity (Wildman–Crippen MR) is 66.5 cm³/mol. The van der Waals surface area contributed by atoms with Crippen LogP contribution in [-0.4, -0.2) is 16.2 Å². The van der Waals surface area contributed by atoms with Crippen molar-refractivity contribution in [2.75, 3.05) is 0 Å². The van der Waals surface area contributed by atoms with Crippen LogP contribution in [-0.2, 0) is 6.42 Å². The maximum absolute atomic E-state index is 9.67. The maximum Gasteiger partial charge on any atom is 0.0705 e. The van der Waals surface area contributed by atoms with Gasteiger partial charge in [-0.15, -0.1) is 0 Å². The van der Waals surface area contributed by atoms with Gasteiger partial charge in [0.15, 0.2) is 0 Å². The Balaban J connectivity index is 2.42. The van der Waals surface area contributed by atoms with E-state index < -0.39 is 0 Å². The van der Waals surface area contributed by atoms with E-state index in [0.717, 1.165) is 28.6 Å². The largest absolute Gasteiger partial charge is 0.393 e. The van der Waals surface area contributed by atoms with Gasteiger partial charge in [0.05, 0.1) is 11.6 Å². The van der Waals surface area contributed by atoms with Crippen LogP contribution >= 0.6 is 0 Å². The lowest BCUT2D eigenvalue weighted by Crippen LogP contribution is -2.11. The number of aliphatic hydroxyl groups is 1. The van der Waals surface area contributed by atoms with Gasteiger partial charge in [-0.2, -0.15) is 0 Å². The molecule has 1 atom stereocenters. The van der Waals surface area contributed by atoms with Crippen LogP contribution in [0.25, 0.3) is 10.9 Å². The summed E-state index contributed by atoms with van der Waals surface area (Å²) in [5, 5.41) is 10.8. The van der Waals surface area contributed by atoms with Gasteiger partial charge in [-0.3, -0.25) is 4.98 Å². The van der Waals surface area contributed by atoms with Crippen molar-refractivity contribution >= 4 is 10.9 Å². The number of fused-ring (bicyclic) bond motifs is 1. The molecule has 2 rings (SSSR count). The molecule has 16 heavy (non-hydrogen) atoms. The molecule has 0 aliphatic heterocycles. The fourth-order valence-corrected chi connectivity index (χ4v) is 1.84. The van der Waals surface area contributed by atoms with Crippen molar-refractivity contribution in [3.05, 3.63) is 41.6 Å². The van der Waals surface area contributed by atoms with Crippen molar-refractivity contribution in [2.45, 2.75) is 32.8 Å². The number of hydrogen-bond acceptors (Lipinski definition) is 2. The molecule has 2 nitrogen and oxygen atoms in total. The van der Waals surface area contributed by atoms with Gasteiger partial charge in [-0.25, -0.2) is 0 Å². The van der Waals surface area contributed by atoms with Crippen molar-refractivity contribution in [1.29, 1.82) is 0 Å². The SMILES string of the molecule is CCC(O)Cc1nc2ccccc2cc1C. The predicted octanol–water partition coefficient (Wildman–Crippen LogP) is 2.86. The summed E-state index contributed by atoms with van der Waals surface area (Å²) < 4.78 is 0. The minimum atomic E-state index is -0.285. The topological polar surface area (TPSA) is 33.1 Å². The van der Waals surface area contributed by atoms with Crippen LogP contribution in [0.3, 0.4) is 0 Å². The Morgan fingerprint density at radius 2 is 2.06 bits per heavy atom. The monoisotopic (exact) mass is 215 g/mol. The van der Waals surface area contributed by atoms with Crippen LogP contribution in [0.15, 0.2) is 30.3 Å². The van der Waals surface area contributed by atoms with E-state index in [1.54, 1.807) is 0 Å². The quantitative estimate of drug-likeness (QED) is 0.854. The van der Waals surface area contributed by atoms with Gasteiger partial charge in [0.2, 0.25) is 0 Å². The summed E-state index contributed by atoms with van der Waals surface area (Å²) in [5.41, 5.74) is 3.17. The molecular formula is C14H17NO. The molecule has 0 saturated heterocycles. The highest BCUT2D eigenvalue weighted by Gasteiger charge is 2.08. The average Bonchev–Trinajstić information content (AvgIpc) is 2.30. The zero-order valence-electron chi connectivity index (χ0n) is 9.77. The molecule has 0 spiro atoms. The second kappa shape index (κ2) is 4.62. The third-order valence-electron chi connectivity index (χ3n) is 2.92. The lowest BCUT2D eigenvalue weighted by Gasteiger charge is -2.10. The third kappa shape index (κ3) is 2.22. The van der Waals surface area contributed by atoms with Crippen molar-refractivity contribution < 1.29 is 5.11 Å². The molecule has 0 bridgehead atoms. The fourth-order valence-electron chi connectivity index (χ4n) is 1.84. The zero-order chi connectivity index (χ0) is 11.5. The number of aromatic nitrogens is 1. The molecular weight excluding hydrogens is 198 g/mol. The van der Waals surface area contributed by atoms with Crippen LogP contribution in [0.1, 0.15) is 24.6 Å². The van der Waals surface area contributed by atoms with E-state index >= 15 is 0 Å². The molecule has 1 heterocycles. The Bertz CT molecular complexity index is 493. The fraction of sp³-hybridized carbons (Fsp3) is 0.357.